The number of carbonyl (C=O) groups excluding carboxylic acids is 1. The van der Waals surface area contributed by atoms with E-state index in [0.717, 1.165) is 18.0 Å². The van der Waals surface area contributed by atoms with Crippen LogP contribution >= 0.6 is 11.5 Å². The van der Waals surface area contributed by atoms with Gasteiger partial charge in [0, 0.05) is 6.54 Å². The van der Waals surface area contributed by atoms with Crippen LogP contribution < -0.4 is 16.8 Å². The van der Waals surface area contributed by atoms with E-state index >= 15 is 0 Å². The number of nitrogen functional groups attached to an aromatic ring is 1. The van der Waals surface area contributed by atoms with Crippen molar-refractivity contribution in [2.24, 2.45) is 5.73 Å². The summed E-state index contributed by atoms with van der Waals surface area (Å²) in [5, 5.41) is 3.60. The van der Waals surface area contributed by atoms with E-state index in [-0.39, 0.29) is 11.4 Å². The van der Waals surface area contributed by atoms with Gasteiger partial charge in [-0.2, -0.15) is 4.37 Å². The Bertz CT molecular complexity index is 392. The Labute approximate surface area is 104 Å². The van der Waals surface area contributed by atoms with E-state index in [1.54, 1.807) is 6.08 Å². The molecule has 0 spiro atoms. The fraction of sp³-hybridized carbons (Fsp3) is 0.400. The second-order valence-corrected chi connectivity index (χ2v) is 4.03. The molecule has 0 aromatic carbocycles. The quantitative estimate of drug-likeness (QED) is 0.472. The lowest BCUT2D eigenvalue weighted by molar-refractivity contribution is 0.100. The predicted octanol–water partition coefficient (Wildman–Crippen LogP) is 0.829. The zero-order chi connectivity index (χ0) is 12.7. The highest BCUT2D eigenvalue weighted by molar-refractivity contribution is 7.11. The summed E-state index contributed by atoms with van der Waals surface area (Å²) in [6.07, 6.45) is 2.61. The molecule has 0 aliphatic carbocycles. The van der Waals surface area contributed by atoms with Crippen LogP contribution in [0.4, 0.5) is 10.8 Å². The van der Waals surface area contributed by atoms with Gasteiger partial charge in [-0.15, -0.1) is 6.58 Å². The molecule has 7 heteroatoms. The number of ether oxygens (including phenoxy) is 1. The van der Waals surface area contributed by atoms with Crippen LogP contribution in [0.15, 0.2) is 12.7 Å². The van der Waals surface area contributed by atoms with Crippen molar-refractivity contribution >= 4 is 28.3 Å². The third kappa shape index (κ3) is 4.04. The lowest BCUT2D eigenvalue weighted by Gasteiger charge is -2.05. The van der Waals surface area contributed by atoms with Crippen LogP contribution in [0.3, 0.4) is 0 Å². The third-order valence-electron chi connectivity index (χ3n) is 1.96. The maximum absolute atomic E-state index is 11.1. The molecular weight excluding hydrogens is 240 g/mol. The van der Waals surface area contributed by atoms with Crippen molar-refractivity contribution in [3.63, 3.8) is 0 Å². The van der Waals surface area contributed by atoms with Gasteiger partial charge in [-0.25, -0.2) is 0 Å². The molecule has 0 fully saturated rings. The molecule has 0 radical (unpaired) electrons. The van der Waals surface area contributed by atoms with Crippen molar-refractivity contribution in [1.82, 2.24) is 4.37 Å². The highest BCUT2D eigenvalue weighted by Crippen LogP contribution is 2.25. The molecule has 0 aliphatic heterocycles. The molecule has 1 rings (SSSR count). The number of hydrogen-bond donors (Lipinski definition) is 3. The first-order valence-electron chi connectivity index (χ1n) is 5.14. The summed E-state index contributed by atoms with van der Waals surface area (Å²) in [5.74, 6) is -0.413. The highest BCUT2D eigenvalue weighted by Gasteiger charge is 2.15. The summed E-state index contributed by atoms with van der Waals surface area (Å²) in [6.45, 7) is 5.33. The minimum Gasteiger partial charge on any atom is -0.382 e. The van der Waals surface area contributed by atoms with Crippen LogP contribution in [-0.4, -0.2) is 30.0 Å². The van der Waals surface area contributed by atoms with Gasteiger partial charge < -0.3 is 21.5 Å². The van der Waals surface area contributed by atoms with Crippen molar-refractivity contribution < 1.29 is 9.53 Å². The number of aromatic nitrogens is 1. The standard InChI is InChI=1S/C10H16N4O2S/c1-2-3-5-16-6-4-13-10-7(9(12)15)8(11)14-17-10/h2,13H,1,3-6H2,(H2,11,14)(H2,12,15). The van der Waals surface area contributed by atoms with E-state index in [9.17, 15) is 4.79 Å². The number of nitrogens with zero attached hydrogens (tertiary/aromatic N) is 1. The molecule has 6 nitrogen and oxygen atoms in total. The predicted molar refractivity (Wildman–Crippen MR) is 69.2 cm³/mol. The van der Waals surface area contributed by atoms with Gasteiger partial charge in [0.05, 0.1) is 13.2 Å². The largest absolute Gasteiger partial charge is 0.382 e. The number of primary amides is 1. The average molecular weight is 256 g/mol. The molecule has 0 saturated heterocycles. The van der Waals surface area contributed by atoms with Gasteiger partial charge in [0.2, 0.25) is 0 Å². The normalized spacial score (nSPS) is 10.1. The molecule has 0 saturated carbocycles. The Kier molecular flexibility index (Phi) is 5.44. The number of amides is 1. The molecule has 94 valence electrons. The molecule has 1 heterocycles. The molecular formula is C10H16N4O2S. The minimum absolute atomic E-state index is 0.164. The van der Waals surface area contributed by atoms with Crippen LogP contribution in [0.25, 0.3) is 0 Å². The topological polar surface area (TPSA) is 103 Å². The van der Waals surface area contributed by atoms with Gasteiger partial charge in [-0.05, 0) is 18.0 Å². The first-order chi connectivity index (χ1) is 8.16. The Morgan fingerprint density at radius 2 is 2.35 bits per heavy atom. The fourth-order valence-corrected chi connectivity index (χ4v) is 1.91. The smallest absolute Gasteiger partial charge is 0.255 e. The van der Waals surface area contributed by atoms with E-state index in [1.807, 2.05) is 0 Å². The van der Waals surface area contributed by atoms with Gasteiger partial charge in [-0.3, -0.25) is 4.79 Å². The first kappa shape index (κ1) is 13.5. The van der Waals surface area contributed by atoms with Crippen molar-refractivity contribution in [3.05, 3.63) is 18.2 Å². The SMILES string of the molecule is C=CCCOCCNc1snc(N)c1C(N)=O. The average Bonchev–Trinajstić information content (AvgIpc) is 2.65. The van der Waals surface area contributed by atoms with E-state index < -0.39 is 5.91 Å². The maximum Gasteiger partial charge on any atom is 0.255 e. The highest BCUT2D eigenvalue weighted by atomic mass is 32.1. The van der Waals surface area contributed by atoms with Crippen molar-refractivity contribution in [1.29, 1.82) is 0 Å². The molecule has 0 aliphatic rings. The molecule has 17 heavy (non-hydrogen) atoms. The van der Waals surface area contributed by atoms with Crippen molar-refractivity contribution in [3.8, 4) is 0 Å². The summed E-state index contributed by atoms with van der Waals surface area (Å²) < 4.78 is 9.17. The zero-order valence-corrected chi connectivity index (χ0v) is 10.3. The van der Waals surface area contributed by atoms with Crippen LogP contribution in [0.1, 0.15) is 16.8 Å². The van der Waals surface area contributed by atoms with Gasteiger partial charge in [0.15, 0.2) is 5.82 Å². The van der Waals surface area contributed by atoms with Crippen LogP contribution in [0, 0.1) is 0 Å². The second kappa shape index (κ2) is 6.87. The summed E-state index contributed by atoms with van der Waals surface area (Å²) >= 11 is 1.11. The van der Waals surface area contributed by atoms with E-state index in [0.29, 0.717) is 24.8 Å². The van der Waals surface area contributed by atoms with Gasteiger partial charge in [0.25, 0.3) is 5.91 Å². The molecule has 0 unspecified atom stereocenters. The molecule has 1 amide bonds. The Balaban J connectivity index is 2.36. The summed E-state index contributed by atoms with van der Waals surface area (Å²) in [5.41, 5.74) is 11.0. The number of anilines is 2. The Morgan fingerprint density at radius 3 is 3.00 bits per heavy atom. The first-order valence-corrected chi connectivity index (χ1v) is 5.91. The maximum atomic E-state index is 11.1. The van der Waals surface area contributed by atoms with Crippen molar-refractivity contribution in [2.45, 2.75) is 6.42 Å². The zero-order valence-electron chi connectivity index (χ0n) is 9.44. The molecule has 0 atom stereocenters. The molecule has 5 N–H and O–H groups in total. The van der Waals surface area contributed by atoms with Gasteiger partial charge in [-0.1, -0.05) is 6.08 Å². The van der Waals surface area contributed by atoms with E-state index in [2.05, 4.69) is 16.3 Å². The van der Waals surface area contributed by atoms with E-state index in [4.69, 9.17) is 16.2 Å². The van der Waals surface area contributed by atoms with Crippen LogP contribution in [-0.2, 0) is 4.74 Å². The number of nitrogens with two attached hydrogens (primary N) is 2. The van der Waals surface area contributed by atoms with Crippen molar-refractivity contribution in [2.75, 3.05) is 30.8 Å². The monoisotopic (exact) mass is 256 g/mol. The fourth-order valence-electron chi connectivity index (χ4n) is 1.17. The minimum atomic E-state index is -0.577. The lowest BCUT2D eigenvalue weighted by atomic mass is 10.3. The number of hydrogen-bond acceptors (Lipinski definition) is 6. The summed E-state index contributed by atoms with van der Waals surface area (Å²) in [6, 6.07) is 0. The number of rotatable bonds is 8. The van der Waals surface area contributed by atoms with Crippen LogP contribution in [0.5, 0.6) is 0 Å². The third-order valence-corrected chi connectivity index (χ3v) is 2.78. The molecule has 1 aromatic heterocycles. The van der Waals surface area contributed by atoms with E-state index in [1.165, 1.54) is 0 Å². The molecule has 0 bridgehead atoms. The summed E-state index contributed by atoms with van der Waals surface area (Å²) in [4.78, 5) is 11.1. The van der Waals surface area contributed by atoms with Gasteiger partial charge in [0.1, 0.15) is 10.6 Å². The number of carbonyl (C=O) groups is 1. The summed E-state index contributed by atoms with van der Waals surface area (Å²) in [7, 11) is 0. The molecule has 1 aromatic rings. The van der Waals surface area contributed by atoms with Crippen LogP contribution in [0.2, 0.25) is 0 Å². The number of nitrogens with one attached hydrogen (secondary N) is 1. The van der Waals surface area contributed by atoms with Gasteiger partial charge >= 0.3 is 0 Å². The Morgan fingerprint density at radius 1 is 1.59 bits per heavy atom. The second-order valence-electron chi connectivity index (χ2n) is 3.25. The lowest BCUT2D eigenvalue weighted by Crippen LogP contribution is -2.16. The Hall–Kier alpha value is -1.60.